The summed E-state index contributed by atoms with van der Waals surface area (Å²) in [5.74, 6) is 0.982. The third kappa shape index (κ3) is 8.99. The van der Waals surface area contributed by atoms with Crippen molar-refractivity contribution in [1.82, 2.24) is 10.2 Å². The fourth-order valence-corrected chi connectivity index (χ4v) is 6.20. The summed E-state index contributed by atoms with van der Waals surface area (Å²) in [6.45, 7) is 0.389. The lowest BCUT2D eigenvalue weighted by atomic mass is 9.94. The van der Waals surface area contributed by atoms with Gasteiger partial charge in [0.15, 0.2) is 0 Å². The number of halogens is 2. The van der Waals surface area contributed by atoms with E-state index in [1.165, 1.54) is 12.0 Å². The van der Waals surface area contributed by atoms with Gasteiger partial charge in [0.05, 0.1) is 5.75 Å². The molecule has 4 nitrogen and oxygen atoms in total. The van der Waals surface area contributed by atoms with Crippen molar-refractivity contribution in [3.05, 3.63) is 104 Å². The van der Waals surface area contributed by atoms with Crippen LogP contribution in [0.4, 0.5) is 0 Å². The second-order valence-electron chi connectivity index (χ2n) is 9.82. The fourth-order valence-electron chi connectivity index (χ4n) is 4.80. The number of hydrogen-bond donors (Lipinski definition) is 1. The van der Waals surface area contributed by atoms with Gasteiger partial charge in [-0.1, -0.05) is 106 Å². The molecule has 38 heavy (non-hydrogen) atoms. The molecule has 3 aromatic rings. The average molecular weight is 659 g/mol. The Bertz CT molecular complexity index is 1170. The number of nitrogens with zero attached hydrogens (tertiary/aromatic N) is 1. The minimum Gasteiger partial charge on any atom is -0.352 e. The molecule has 3 aromatic carbocycles. The predicted octanol–water partition coefficient (Wildman–Crippen LogP) is 7.53. The van der Waals surface area contributed by atoms with Crippen molar-refractivity contribution in [3.8, 4) is 0 Å². The summed E-state index contributed by atoms with van der Waals surface area (Å²) in [5, 5.41) is 3.31. The zero-order valence-corrected chi connectivity index (χ0v) is 25.4. The van der Waals surface area contributed by atoms with E-state index in [0.717, 1.165) is 51.5 Å². The van der Waals surface area contributed by atoms with Crippen molar-refractivity contribution in [2.75, 3.05) is 5.75 Å². The van der Waals surface area contributed by atoms with E-state index in [9.17, 15) is 9.59 Å². The van der Waals surface area contributed by atoms with Gasteiger partial charge in [-0.05, 0) is 53.8 Å². The number of carbonyl (C=O) groups is 2. The molecule has 0 unspecified atom stereocenters. The van der Waals surface area contributed by atoms with Gasteiger partial charge in [0.1, 0.15) is 6.04 Å². The zero-order chi connectivity index (χ0) is 26.7. The van der Waals surface area contributed by atoms with E-state index < -0.39 is 6.04 Å². The Hall–Kier alpha value is -2.09. The summed E-state index contributed by atoms with van der Waals surface area (Å²) in [5.41, 5.74) is 3.22. The molecule has 0 saturated heterocycles. The van der Waals surface area contributed by atoms with Gasteiger partial charge in [0.2, 0.25) is 11.8 Å². The zero-order valence-electron chi connectivity index (χ0n) is 21.5. The molecule has 7 heteroatoms. The molecule has 0 aromatic heterocycles. The lowest BCUT2D eigenvalue weighted by molar-refractivity contribution is -0.139. The Balaban J connectivity index is 1.55. The van der Waals surface area contributed by atoms with Crippen molar-refractivity contribution >= 4 is 55.4 Å². The molecule has 1 atom stereocenters. The average Bonchev–Trinajstić information content (AvgIpc) is 2.94. The van der Waals surface area contributed by atoms with E-state index in [1.807, 2.05) is 66.7 Å². The maximum Gasteiger partial charge on any atom is 0.243 e. The smallest absolute Gasteiger partial charge is 0.243 e. The number of rotatable bonds is 11. The molecule has 0 spiro atoms. The number of thioether (sulfide) groups is 1. The largest absolute Gasteiger partial charge is 0.352 e. The SMILES string of the molecule is O=C(NC1CCCCC1)[C@@H](Cc1ccccc1)N(Cc1ccc(Br)cc1)C(=O)CSCc1ccc(Br)cc1. The van der Waals surface area contributed by atoms with Crippen molar-refractivity contribution < 1.29 is 9.59 Å². The minimum atomic E-state index is -0.580. The molecular formula is C31H34Br2N2O2S. The second-order valence-corrected chi connectivity index (χ2v) is 12.6. The van der Waals surface area contributed by atoms with Gasteiger partial charge in [-0.15, -0.1) is 11.8 Å². The molecule has 1 aliphatic carbocycles. The van der Waals surface area contributed by atoms with Crippen LogP contribution in [0, 0.1) is 0 Å². The molecular weight excluding hydrogens is 624 g/mol. The molecule has 1 saturated carbocycles. The van der Waals surface area contributed by atoms with E-state index in [4.69, 9.17) is 0 Å². The summed E-state index contributed by atoms with van der Waals surface area (Å²) in [7, 11) is 0. The second kappa shape index (κ2) is 14.9. The number of benzene rings is 3. The Morgan fingerprint density at radius 3 is 2.05 bits per heavy atom. The minimum absolute atomic E-state index is 0.0187. The van der Waals surface area contributed by atoms with Crippen molar-refractivity contribution in [1.29, 1.82) is 0 Å². The van der Waals surface area contributed by atoms with Gasteiger partial charge >= 0.3 is 0 Å². The molecule has 1 aliphatic rings. The van der Waals surface area contributed by atoms with E-state index in [2.05, 4.69) is 49.3 Å². The Morgan fingerprint density at radius 2 is 1.42 bits per heavy atom. The summed E-state index contributed by atoms with van der Waals surface area (Å²) in [6, 6.07) is 25.8. The predicted molar refractivity (Wildman–Crippen MR) is 164 cm³/mol. The number of carbonyl (C=O) groups excluding carboxylic acids is 2. The number of hydrogen-bond acceptors (Lipinski definition) is 3. The normalized spacial score (nSPS) is 14.6. The van der Waals surface area contributed by atoms with E-state index in [-0.39, 0.29) is 17.9 Å². The van der Waals surface area contributed by atoms with Crippen LogP contribution in [0.2, 0.25) is 0 Å². The van der Waals surface area contributed by atoms with Crippen LogP contribution in [0.3, 0.4) is 0 Å². The highest BCUT2D eigenvalue weighted by molar-refractivity contribution is 9.10. The first-order valence-corrected chi connectivity index (χ1v) is 15.9. The molecule has 1 N–H and O–H groups in total. The third-order valence-electron chi connectivity index (χ3n) is 6.90. The maximum atomic E-state index is 13.8. The van der Waals surface area contributed by atoms with Crippen LogP contribution in [0.1, 0.15) is 48.8 Å². The molecule has 200 valence electrons. The van der Waals surface area contributed by atoms with Gasteiger partial charge in [-0.2, -0.15) is 0 Å². The van der Waals surface area contributed by atoms with Crippen LogP contribution < -0.4 is 5.32 Å². The van der Waals surface area contributed by atoms with Crippen LogP contribution in [0.25, 0.3) is 0 Å². The van der Waals surface area contributed by atoms with Crippen molar-refractivity contribution in [2.24, 2.45) is 0 Å². The fraction of sp³-hybridized carbons (Fsp3) is 0.355. The first-order chi connectivity index (χ1) is 18.5. The Morgan fingerprint density at radius 1 is 0.816 bits per heavy atom. The van der Waals surface area contributed by atoms with Crippen LogP contribution in [-0.2, 0) is 28.3 Å². The van der Waals surface area contributed by atoms with Crippen LogP contribution in [0.5, 0.6) is 0 Å². The van der Waals surface area contributed by atoms with Gasteiger partial charge in [0.25, 0.3) is 0 Å². The van der Waals surface area contributed by atoms with Gasteiger partial charge in [-0.25, -0.2) is 0 Å². The summed E-state index contributed by atoms with van der Waals surface area (Å²) >= 11 is 8.56. The summed E-state index contributed by atoms with van der Waals surface area (Å²) in [6.07, 6.45) is 6.01. The van der Waals surface area contributed by atoms with Crippen molar-refractivity contribution in [2.45, 2.75) is 62.9 Å². The first-order valence-electron chi connectivity index (χ1n) is 13.2. The highest BCUT2D eigenvalue weighted by Gasteiger charge is 2.31. The van der Waals surface area contributed by atoms with Gasteiger partial charge in [-0.3, -0.25) is 9.59 Å². The van der Waals surface area contributed by atoms with E-state index in [1.54, 1.807) is 16.7 Å². The molecule has 4 rings (SSSR count). The third-order valence-corrected chi connectivity index (χ3v) is 8.94. The highest BCUT2D eigenvalue weighted by Crippen LogP contribution is 2.22. The molecule has 0 bridgehead atoms. The summed E-state index contributed by atoms with van der Waals surface area (Å²) in [4.78, 5) is 29.4. The van der Waals surface area contributed by atoms with E-state index >= 15 is 0 Å². The quantitative estimate of drug-likeness (QED) is 0.232. The van der Waals surface area contributed by atoms with Crippen molar-refractivity contribution in [3.63, 3.8) is 0 Å². The standard InChI is InChI=1S/C31H34Br2N2O2S/c32-26-15-11-24(12-16-26)20-35(30(36)22-38-21-25-13-17-27(33)18-14-25)29(19-23-7-3-1-4-8-23)31(37)34-28-9-5-2-6-10-28/h1,3-4,7-8,11-18,28-29H,2,5-6,9-10,19-22H2,(H,34,37)/t29-/m1/s1. The van der Waals surface area contributed by atoms with E-state index in [0.29, 0.717) is 18.7 Å². The lowest BCUT2D eigenvalue weighted by Gasteiger charge is -2.33. The number of nitrogens with one attached hydrogen (secondary N) is 1. The Labute approximate surface area is 247 Å². The molecule has 1 fully saturated rings. The lowest BCUT2D eigenvalue weighted by Crippen LogP contribution is -2.53. The topological polar surface area (TPSA) is 49.4 Å². The summed E-state index contributed by atoms with van der Waals surface area (Å²) < 4.78 is 2.02. The van der Waals surface area contributed by atoms with Gasteiger partial charge < -0.3 is 10.2 Å². The number of amides is 2. The monoisotopic (exact) mass is 656 g/mol. The van der Waals surface area contributed by atoms with Crippen LogP contribution >= 0.6 is 43.6 Å². The maximum absolute atomic E-state index is 13.8. The Kier molecular flexibility index (Phi) is 11.3. The molecule has 0 radical (unpaired) electrons. The van der Waals surface area contributed by atoms with Crippen LogP contribution in [-0.4, -0.2) is 34.6 Å². The molecule has 2 amide bonds. The highest BCUT2D eigenvalue weighted by atomic mass is 79.9. The van der Waals surface area contributed by atoms with Crippen LogP contribution in [0.15, 0.2) is 87.8 Å². The molecule has 0 aliphatic heterocycles. The molecule has 0 heterocycles. The first kappa shape index (κ1) is 28.9. The van der Waals surface area contributed by atoms with Gasteiger partial charge in [0, 0.05) is 33.7 Å².